The summed E-state index contributed by atoms with van der Waals surface area (Å²) in [5.41, 5.74) is 1.43. The second-order valence-corrected chi connectivity index (χ2v) is 4.83. The third-order valence-corrected chi connectivity index (χ3v) is 3.27. The van der Waals surface area contributed by atoms with Crippen molar-refractivity contribution in [2.75, 3.05) is 26.2 Å². The molecule has 2 rings (SSSR count). The van der Waals surface area contributed by atoms with Gasteiger partial charge in [0.05, 0.1) is 13.0 Å². The SMILES string of the molecule is O=C(CCOc1ccccc1)NCCC1=CCNCC1. The van der Waals surface area contributed by atoms with Gasteiger partial charge in [-0.25, -0.2) is 0 Å². The molecule has 1 aliphatic rings. The lowest BCUT2D eigenvalue weighted by Crippen LogP contribution is -2.27. The Morgan fingerprint density at radius 1 is 1.30 bits per heavy atom. The van der Waals surface area contributed by atoms with Crippen LogP contribution in [0.2, 0.25) is 0 Å². The molecule has 1 heterocycles. The fraction of sp³-hybridized carbons (Fsp3) is 0.438. The number of ether oxygens (including phenoxy) is 1. The quantitative estimate of drug-likeness (QED) is 0.746. The molecule has 1 aromatic rings. The molecule has 2 N–H and O–H groups in total. The normalized spacial score (nSPS) is 14.5. The molecule has 0 saturated heterocycles. The van der Waals surface area contributed by atoms with Crippen molar-refractivity contribution in [2.24, 2.45) is 0 Å². The Hall–Kier alpha value is -1.81. The second kappa shape index (κ2) is 8.38. The molecule has 0 aromatic heterocycles. The average molecular weight is 274 g/mol. The van der Waals surface area contributed by atoms with Gasteiger partial charge in [0.15, 0.2) is 0 Å². The van der Waals surface area contributed by atoms with Gasteiger partial charge in [0.2, 0.25) is 5.91 Å². The molecule has 0 saturated carbocycles. The second-order valence-electron chi connectivity index (χ2n) is 4.83. The minimum absolute atomic E-state index is 0.0514. The molecule has 108 valence electrons. The van der Waals surface area contributed by atoms with Crippen molar-refractivity contribution < 1.29 is 9.53 Å². The Kier molecular flexibility index (Phi) is 6.11. The summed E-state index contributed by atoms with van der Waals surface area (Å²) in [5.74, 6) is 0.857. The number of benzene rings is 1. The molecule has 4 heteroatoms. The molecule has 0 unspecified atom stereocenters. The summed E-state index contributed by atoms with van der Waals surface area (Å²) >= 11 is 0. The number of para-hydroxylation sites is 1. The van der Waals surface area contributed by atoms with Crippen LogP contribution in [0.1, 0.15) is 19.3 Å². The highest BCUT2D eigenvalue weighted by atomic mass is 16.5. The summed E-state index contributed by atoms with van der Waals surface area (Å²) in [5, 5.41) is 6.21. The van der Waals surface area contributed by atoms with Gasteiger partial charge in [-0.05, 0) is 31.5 Å². The highest BCUT2D eigenvalue weighted by molar-refractivity contribution is 5.75. The predicted octanol–water partition coefficient (Wildman–Crippen LogP) is 1.88. The average Bonchev–Trinajstić information content (AvgIpc) is 2.49. The van der Waals surface area contributed by atoms with E-state index in [0.29, 0.717) is 13.0 Å². The lowest BCUT2D eigenvalue weighted by atomic mass is 10.1. The number of carbonyl (C=O) groups excluding carboxylic acids is 1. The molecule has 0 aliphatic carbocycles. The third-order valence-electron chi connectivity index (χ3n) is 3.27. The zero-order valence-corrected chi connectivity index (χ0v) is 11.7. The summed E-state index contributed by atoms with van der Waals surface area (Å²) in [6.07, 6.45) is 4.66. The molecular weight excluding hydrogens is 252 g/mol. The summed E-state index contributed by atoms with van der Waals surface area (Å²) < 4.78 is 5.49. The van der Waals surface area contributed by atoms with Crippen LogP contribution >= 0.6 is 0 Å². The largest absolute Gasteiger partial charge is 0.493 e. The van der Waals surface area contributed by atoms with Crippen LogP contribution in [-0.2, 0) is 4.79 Å². The zero-order chi connectivity index (χ0) is 14.0. The molecule has 0 fully saturated rings. The molecule has 1 aliphatic heterocycles. The molecule has 0 atom stereocenters. The number of nitrogens with one attached hydrogen (secondary N) is 2. The van der Waals surface area contributed by atoms with E-state index in [1.54, 1.807) is 0 Å². The van der Waals surface area contributed by atoms with Crippen LogP contribution in [0.5, 0.6) is 5.75 Å². The van der Waals surface area contributed by atoms with Gasteiger partial charge >= 0.3 is 0 Å². The summed E-state index contributed by atoms with van der Waals surface area (Å²) in [6.45, 7) is 3.14. The van der Waals surface area contributed by atoms with E-state index in [9.17, 15) is 4.79 Å². The summed E-state index contributed by atoms with van der Waals surface area (Å²) in [4.78, 5) is 11.7. The van der Waals surface area contributed by atoms with Crippen molar-refractivity contribution in [1.82, 2.24) is 10.6 Å². The van der Waals surface area contributed by atoms with E-state index in [-0.39, 0.29) is 5.91 Å². The Bertz CT molecular complexity index is 443. The van der Waals surface area contributed by atoms with E-state index in [2.05, 4.69) is 16.7 Å². The van der Waals surface area contributed by atoms with Crippen LogP contribution in [0.15, 0.2) is 42.0 Å². The van der Waals surface area contributed by atoms with Crippen molar-refractivity contribution >= 4 is 5.91 Å². The Morgan fingerprint density at radius 3 is 2.90 bits per heavy atom. The predicted molar refractivity (Wildman–Crippen MR) is 79.8 cm³/mol. The van der Waals surface area contributed by atoms with Crippen LogP contribution in [-0.4, -0.2) is 32.1 Å². The molecule has 1 aromatic carbocycles. The van der Waals surface area contributed by atoms with Crippen LogP contribution in [0.4, 0.5) is 0 Å². The topological polar surface area (TPSA) is 50.4 Å². The molecular formula is C16H22N2O2. The van der Waals surface area contributed by atoms with E-state index < -0.39 is 0 Å². The minimum atomic E-state index is 0.0514. The first-order chi connectivity index (χ1) is 9.84. The number of carbonyl (C=O) groups is 1. The number of hydrogen-bond acceptors (Lipinski definition) is 3. The first kappa shape index (κ1) is 14.6. The maximum atomic E-state index is 11.7. The van der Waals surface area contributed by atoms with Crippen molar-refractivity contribution in [3.63, 3.8) is 0 Å². The molecule has 0 bridgehead atoms. The molecule has 1 amide bonds. The molecule has 4 nitrogen and oxygen atoms in total. The van der Waals surface area contributed by atoms with Gasteiger partial charge in [-0.1, -0.05) is 29.8 Å². The molecule has 0 spiro atoms. The van der Waals surface area contributed by atoms with E-state index in [1.807, 2.05) is 30.3 Å². The van der Waals surface area contributed by atoms with Gasteiger partial charge in [0.25, 0.3) is 0 Å². The monoisotopic (exact) mass is 274 g/mol. The highest BCUT2D eigenvalue weighted by Crippen LogP contribution is 2.09. The van der Waals surface area contributed by atoms with Gasteiger partial charge in [-0.2, -0.15) is 0 Å². The van der Waals surface area contributed by atoms with Crippen LogP contribution < -0.4 is 15.4 Å². The van der Waals surface area contributed by atoms with Gasteiger partial charge < -0.3 is 15.4 Å². The van der Waals surface area contributed by atoms with Gasteiger partial charge in [-0.15, -0.1) is 0 Å². The fourth-order valence-electron chi connectivity index (χ4n) is 2.13. The fourth-order valence-corrected chi connectivity index (χ4v) is 2.13. The van der Waals surface area contributed by atoms with Crippen molar-refractivity contribution in [2.45, 2.75) is 19.3 Å². The molecule has 0 radical (unpaired) electrons. The Balaban J connectivity index is 1.55. The van der Waals surface area contributed by atoms with Gasteiger partial charge in [-0.3, -0.25) is 4.79 Å². The molecule has 20 heavy (non-hydrogen) atoms. The van der Waals surface area contributed by atoms with E-state index >= 15 is 0 Å². The summed E-state index contributed by atoms with van der Waals surface area (Å²) in [7, 11) is 0. The van der Waals surface area contributed by atoms with Crippen LogP contribution in [0, 0.1) is 0 Å². The van der Waals surface area contributed by atoms with Crippen LogP contribution in [0.3, 0.4) is 0 Å². The number of hydrogen-bond donors (Lipinski definition) is 2. The first-order valence-corrected chi connectivity index (χ1v) is 7.18. The van der Waals surface area contributed by atoms with E-state index in [0.717, 1.165) is 38.2 Å². The zero-order valence-electron chi connectivity index (χ0n) is 11.7. The van der Waals surface area contributed by atoms with E-state index in [1.165, 1.54) is 5.57 Å². The third kappa shape index (κ3) is 5.45. The number of amides is 1. The minimum Gasteiger partial charge on any atom is -0.493 e. The highest BCUT2D eigenvalue weighted by Gasteiger charge is 2.05. The van der Waals surface area contributed by atoms with Crippen molar-refractivity contribution in [3.05, 3.63) is 42.0 Å². The van der Waals surface area contributed by atoms with Crippen molar-refractivity contribution in [3.8, 4) is 5.75 Å². The van der Waals surface area contributed by atoms with Crippen molar-refractivity contribution in [1.29, 1.82) is 0 Å². The Labute approximate surface area is 120 Å². The lowest BCUT2D eigenvalue weighted by Gasteiger charge is -2.14. The smallest absolute Gasteiger partial charge is 0.223 e. The first-order valence-electron chi connectivity index (χ1n) is 7.18. The summed E-state index contributed by atoms with van der Waals surface area (Å²) in [6, 6.07) is 9.56. The Morgan fingerprint density at radius 2 is 2.15 bits per heavy atom. The van der Waals surface area contributed by atoms with Gasteiger partial charge in [0.1, 0.15) is 5.75 Å². The standard InChI is InChI=1S/C16H22N2O2/c19-16(9-13-20-15-4-2-1-3-5-15)18-12-8-14-6-10-17-11-7-14/h1-6,17H,7-13H2,(H,18,19). The maximum Gasteiger partial charge on any atom is 0.223 e. The van der Waals surface area contributed by atoms with Crippen LogP contribution in [0.25, 0.3) is 0 Å². The number of rotatable bonds is 7. The van der Waals surface area contributed by atoms with E-state index in [4.69, 9.17) is 4.74 Å². The lowest BCUT2D eigenvalue weighted by molar-refractivity contribution is -0.121. The maximum absolute atomic E-state index is 11.7. The van der Waals surface area contributed by atoms with Gasteiger partial charge in [0, 0.05) is 13.1 Å².